The highest BCUT2D eigenvalue weighted by atomic mass is 16.6. The largest absolute Gasteiger partial charge is 0.455 e. The Morgan fingerprint density at radius 2 is 1.89 bits per heavy atom. The maximum absolute atomic E-state index is 13.4. The van der Waals surface area contributed by atoms with Gasteiger partial charge in [-0.2, -0.15) is 5.10 Å². The summed E-state index contributed by atoms with van der Waals surface area (Å²) in [4.78, 5) is 37.9. The molecule has 0 fully saturated rings. The van der Waals surface area contributed by atoms with Gasteiger partial charge in [0.2, 0.25) is 5.91 Å². The van der Waals surface area contributed by atoms with E-state index in [1.54, 1.807) is 17.0 Å². The summed E-state index contributed by atoms with van der Waals surface area (Å²) >= 11 is 0. The summed E-state index contributed by atoms with van der Waals surface area (Å²) in [7, 11) is 0. The number of nitro benzene ring substituents is 1. The fraction of sp³-hybridized carbons (Fsp3) is 0.296. The van der Waals surface area contributed by atoms with Gasteiger partial charge in [0.15, 0.2) is 5.76 Å². The van der Waals surface area contributed by atoms with Crippen LogP contribution in [0.25, 0.3) is 0 Å². The van der Waals surface area contributed by atoms with E-state index in [2.05, 4.69) is 10.5 Å². The van der Waals surface area contributed by atoms with Crippen LogP contribution in [0, 0.1) is 24.0 Å². The molecule has 1 aliphatic carbocycles. The number of aryl methyl sites for hydroxylation is 2. The summed E-state index contributed by atoms with van der Waals surface area (Å²) in [5, 5.41) is 15.2. The van der Waals surface area contributed by atoms with Crippen molar-refractivity contribution in [1.82, 2.24) is 5.43 Å². The Morgan fingerprint density at radius 1 is 1.14 bits per heavy atom. The molecule has 0 radical (unpaired) electrons. The minimum absolute atomic E-state index is 0.0287. The van der Waals surface area contributed by atoms with Crippen LogP contribution in [0.1, 0.15) is 58.3 Å². The minimum Gasteiger partial charge on any atom is -0.455 e. The van der Waals surface area contributed by atoms with E-state index in [1.165, 1.54) is 12.1 Å². The van der Waals surface area contributed by atoms with Crippen molar-refractivity contribution in [1.29, 1.82) is 0 Å². The van der Waals surface area contributed by atoms with Crippen LogP contribution in [0.2, 0.25) is 0 Å². The Labute approximate surface area is 208 Å². The topological polar surface area (TPSA) is 118 Å². The smallest absolute Gasteiger partial charge is 0.294 e. The lowest BCUT2D eigenvalue weighted by Gasteiger charge is -2.20. The fourth-order valence-corrected chi connectivity index (χ4v) is 4.44. The van der Waals surface area contributed by atoms with Gasteiger partial charge in [-0.1, -0.05) is 24.3 Å². The zero-order chi connectivity index (χ0) is 25.8. The van der Waals surface area contributed by atoms with Gasteiger partial charge in [0.25, 0.3) is 11.6 Å². The normalized spacial score (nSPS) is 13.8. The molecule has 1 N–H and O–H groups in total. The van der Waals surface area contributed by atoms with E-state index < -0.39 is 4.92 Å². The molecule has 186 valence electrons. The minimum atomic E-state index is -0.483. The standard InChI is InChI=1S/C27H28N4O5/c1-4-30(21-8-5-7-17(2)15-21)27(33)26-18(3)25-22(9-6-10-23(25)36-26)28-29-24(32)16-19-11-13-20(14-12-19)31(34)35/h5,7-8,11-15H,4,6,9-10,16H2,1-3H3,(H,29,32)/b28-22+. The number of hydrogen-bond donors (Lipinski definition) is 1. The fourth-order valence-electron chi connectivity index (χ4n) is 4.44. The van der Waals surface area contributed by atoms with Crippen molar-refractivity contribution in [3.63, 3.8) is 0 Å². The van der Waals surface area contributed by atoms with E-state index in [-0.39, 0.29) is 29.7 Å². The highest BCUT2D eigenvalue weighted by Gasteiger charge is 2.30. The third-order valence-electron chi connectivity index (χ3n) is 6.22. The predicted octanol–water partition coefficient (Wildman–Crippen LogP) is 4.87. The van der Waals surface area contributed by atoms with Gasteiger partial charge in [0.05, 0.1) is 17.1 Å². The Balaban J connectivity index is 1.53. The Hall–Kier alpha value is -4.27. The van der Waals surface area contributed by atoms with Gasteiger partial charge in [-0.3, -0.25) is 19.7 Å². The summed E-state index contributed by atoms with van der Waals surface area (Å²) in [6, 6.07) is 13.6. The van der Waals surface area contributed by atoms with E-state index in [1.807, 2.05) is 45.0 Å². The number of carbonyl (C=O) groups is 2. The number of carbonyl (C=O) groups excluding carboxylic acids is 2. The number of hydrogen-bond acceptors (Lipinski definition) is 6. The van der Waals surface area contributed by atoms with Crippen molar-refractivity contribution < 1.29 is 18.9 Å². The van der Waals surface area contributed by atoms with Crippen LogP contribution in [0.5, 0.6) is 0 Å². The van der Waals surface area contributed by atoms with Crippen molar-refractivity contribution in [3.05, 3.63) is 92.4 Å². The molecule has 1 heterocycles. The number of non-ortho nitro benzene ring substituents is 1. The van der Waals surface area contributed by atoms with Crippen LogP contribution < -0.4 is 10.3 Å². The first-order valence-corrected chi connectivity index (χ1v) is 11.9. The average Bonchev–Trinajstić information content (AvgIpc) is 3.20. The lowest BCUT2D eigenvalue weighted by molar-refractivity contribution is -0.384. The first-order chi connectivity index (χ1) is 17.3. The molecule has 9 heteroatoms. The highest BCUT2D eigenvalue weighted by Crippen LogP contribution is 2.31. The third-order valence-corrected chi connectivity index (χ3v) is 6.22. The molecular weight excluding hydrogens is 460 g/mol. The molecule has 2 amide bonds. The molecule has 0 bridgehead atoms. The quantitative estimate of drug-likeness (QED) is 0.376. The second-order valence-electron chi connectivity index (χ2n) is 8.79. The maximum Gasteiger partial charge on any atom is 0.294 e. The zero-order valence-electron chi connectivity index (χ0n) is 20.5. The molecule has 0 aliphatic heterocycles. The van der Waals surface area contributed by atoms with E-state index in [0.29, 0.717) is 42.0 Å². The molecule has 0 spiro atoms. The highest BCUT2D eigenvalue weighted by molar-refractivity contribution is 6.10. The van der Waals surface area contributed by atoms with Crippen molar-refractivity contribution in [3.8, 4) is 0 Å². The van der Waals surface area contributed by atoms with Crippen LogP contribution in [0.15, 0.2) is 58.0 Å². The average molecular weight is 489 g/mol. The molecule has 0 unspecified atom stereocenters. The number of anilines is 1. The van der Waals surface area contributed by atoms with Gasteiger partial charge in [-0.05, 0) is 56.9 Å². The molecule has 0 saturated carbocycles. The first kappa shape index (κ1) is 24.8. The Bertz CT molecular complexity index is 1340. The van der Waals surface area contributed by atoms with Gasteiger partial charge in [-0.25, -0.2) is 5.43 Å². The number of nitrogens with one attached hydrogen (secondary N) is 1. The maximum atomic E-state index is 13.4. The monoisotopic (exact) mass is 488 g/mol. The lowest BCUT2D eigenvalue weighted by Crippen LogP contribution is -2.31. The molecule has 0 saturated heterocycles. The van der Waals surface area contributed by atoms with Gasteiger partial charge >= 0.3 is 0 Å². The summed E-state index contributed by atoms with van der Waals surface area (Å²) in [5.74, 6) is 0.440. The molecule has 1 aliphatic rings. The van der Waals surface area contributed by atoms with E-state index in [9.17, 15) is 19.7 Å². The van der Waals surface area contributed by atoms with Gasteiger partial charge in [-0.15, -0.1) is 0 Å². The Kier molecular flexibility index (Phi) is 7.28. The number of hydrazone groups is 1. The van der Waals surface area contributed by atoms with Gasteiger partial charge in [0.1, 0.15) is 5.76 Å². The lowest BCUT2D eigenvalue weighted by atomic mass is 9.93. The Morgan fingerprint density at radius 3 is 2.56 bits per heavy atom. The third kappa shape index (κ3) is 5.19. The van der Waals surface area contributed by atoms with Crippen LogP contribution in [-0.4, -0.2) is 29.0 Å². The second kappa shape index (κ2) is 10.6. The number of rotatable bonds is 7. The van der Waals surface area contributed by atoms with Crippen molar-refractivity contribution in [2.24, 2.45) is 5.10 Å². The van der Waals surface area contributed by atoms with Crippen LogP contribution in [0.4, 0.5) is 11.4 Å². The number of nitro groups is 1. The number of amides is 2. The molecular formula is C27H28N4O5. The van der Waals surface area contributed by atoms with Crippen LogP contribution in [0.3, 0.4) is 0 Å². The van der Waals surface area contributed by atoms with Crippen molar-refractivity contribution in [2.45, 2.75) is 46.5 Å². The summed E-state index contributed by atoms with van der Waals surface area (Å²) in [6.07, 6.45) is 2.17. The van der Waals surface area contributed by atoms with Crippen LogP contribution in [-0.2, 0) is 17.6 Å². The molecule has 4 rings (SSSR count). The van der Waals surface area contributed by atoms with E-state index in [0.717, 1.165) is 23.2 Å². The predicted molar refractivity (Wildman–Crippen MR) is 136 cm³/mol. The van der Waals surface area contributed by atoms with Crippen LogP contribution >= 0.6 is 0 Å². The molecule has 9 nitrogen and oxygen atoms in total. The molecule has 2 aromatic carbocycles. The summed E-state index contributed by atoms with van der Waals surface area (Å²) in [5.41, 5.74) is 7.24. The molecule has 0 atom stereocenters. The molecule has 1 aromatic heterocycles. The van der Waals surface area contributed by atoms with E-state index in [4.69, 9.17) is 4.42 Å². The molecule has 36 heavy (non-hydrogen) atoms. The summed E-state index contributed by atoms with van der Waals surface area (Å²) < 4.78 is 6.06. The first-order valence-electron chi connectivity index (χ1n) is 11.9. The van der Waals surface area contributed by atoms with Gasteiger partial charge in [0, 0.05) is 41.9 Å². The zero-order valence-corrected chi connectivity index (χ0v) is 20.5. The SMILES string of the molecule is CCN(C(=O)c1oc2c(c1C)/C(=N/NC(=O)Cc1ccc([N+](=O)[O-])cc1)CCC2)c1cccc(C)c1. The van der Waals surface area contributed by atoms with Crippen molar-refractivity contribution in [2.75, 3.05) is 11.4 Å². The number of nitrogens with zero attached hydrogens (tertiary/aromatic N) is 3. The summed E-state index contributed by atoms with van der Waals surface area (Å²) in [6.45, 7) is 6.25. The number of furan rings is 1. The second-order valence-corrected chi connectivity index (χ2v) is 8.79. The van der Waals surface area contributed by atoms with E-state index >= 15 is 0 Å². The number of benzene rings is 2. The van der Waals surface area contributed by atoms with Crippen molar-refractivity contribution >= 4 is 28.9 Å². The molecule has 3 aromatic rings. The number of fused-ring (bicyclic) bond motifs is 1. The van der Waals surface area contributed by atoms with Gasteiger partial charge < -0.3 is 9.32 Å².